The molecule has 0 saturated carbocycles. The standard InChI is InChI=1S/C38H67N5O13S/c1-28(44)29(39)26-57-27-35(48)41-21-23-56-25-24-55-22-20-40-32(45)18-16-30(37(51)52)43-34(47)19-17-31(38(53)54)42-33(46)14-12-10-8-6-4-2-3-5-7-9-11-13-15-36(49)50/h29-31H,2-27,39H2,1H3,(H,40,45)(H,41,48)(H,42,46)(H,43,47)(H,49,50)(H,51,52)(H,53,54). The van der Waals surface area contributed by atoms with Crippen LogP contribution in [0.3, 0.4) is 0 Å². The smallest absolute Gasteiger partial charge is 0.326 e. The van der Waals surface area contributed by atoms with Gasteiger partial charge >= 0.3 is 17.9 Å². The molecule has 0 aliphatic heterocycles. The minimum Gasteiger partial charge on any atom is -0.481 e. The number of unbranched alkanes of at least 4 members (excludes halogenated alkanes) is 11. The summed E-state index contributed by atoms with van der Waals surface area (Å²) in [6.45, 7) is 2.82. The van der Waals surface area contributed by atoms with Crippen LogP contribution in [0.2, 0.25) is 0 Å². The van der Waals surface area contributed by atoms with E-state index in [1.165, 1.54) is 18.7 Å². The molecule has 0 fully saturated rings. The predicted molar refractivity (Wildman–Crippen MR) is 214 cm³/mol. The van der Waals surface area contributed by atoms with Gasteiger partial charge in [0.1, 0.15) is 17.9 Å². The second kappa shape index (κ2) is 35.4. The second-order valence-electron chi connectivity index (χ2n) is 13.8. The van der Waals surface area contributed by atoms with Crippen LogP contribution in [-0.2, 0) is 47.8 Å². The highest BCUT2D eigenvalue weighted by Gasteiger charge is 2.24. The van der Waals surface area contributed by atoms with E-state index in [-0.39, 0.29) is 88.9 Å². The number of hydrogen-bond acceptors (Lipinski definition) is 12. The van der Waals surface area contributed by atoms with Crippen molar-refractivity contribution in [2.45, 2.75) is 141 Å². The number of carbonyl (C=O) groups excluding carboxylic acids is 5. The number of thioether (sulfide) groups is 1. The summed E-state index contributed by atoms with van der Waals surface area (Å²) in [6.07, 6.45) is 11.3. The zero-order chi connectivity index (χ0) is 42.7. The van der Waals surface area contributed by atoms with Crippen molar-refractivity contribution in [3.05, 3.63) is 0 Å². The van der Waals surface area contributed by atoms with E-state index >= 15 is 0 Å². The second-order valence-corrected chi connectivity index (χ2v) is 14.8. The summed E-state index contributed by atoms with van der Waals surface area (Å²) in [5, 5.41) is 37.7. The fourth-order valence-corrected chi connectivity index (χ4v) is 6.20. The lowest BCUT2D eigenvalue weighted by atomic mass is 10.0. The zero-order valence-electron chi connectivity index (χ0n) is 33.5. The van der Waals surface area contributed by atoms with E-state index < -0.39 is 53.8 Å². The van der Waals surface area contributed by atoms with Gasteiger partial charge in [-0.05, 0) is 32.6 Å². The first kappa shape index (κ1) is 53.2. The summed E-state index contributed by atoms with van der Waals surface area (Å²) in [7, 11) is 0. The van der Waals surface area contributed by atoms with Crippen LogP contribution in [0.15, 0.2) is 0 Å². The molecule has 0 bridgehead atoms. The number of amides is 4. The van der Waals surface area contributed by atoms with E-state index in [1.807, 2.05) is 0 Å². The van der Waals surface area contributed by atoms with E-state index in [2.05, 4.69) is 21.3 Å². The van der Waals surface area contributed by atoms with E-state index in [0.717, 1.165) is 70.6 Å². The van der Waals surface area contributed by atoms with E-state index in [4.69, 9.17) is 20.3 Å². The molecule has 57 heavy (non-hydrogen) atoms. The van der Waals surface area contributed by atoms with Crippen molar-refractivity contribution in [2.75, 3.05) is 51.0 Å². The molecule has 3 unspecified atom stereocenters. The summed E-state index contributed by atoms with van der Waals surface area (Å²) in [5.74, 6) is -4.77. The van der Waals surface area contributed by atoms with Crippen LogP contribution in [0.1, 0.15) is 122 Å². The fourth-order valence-electron chi connectivity index (χ4n) is 5.31. The third-order valence-electron chi connectivity index (χ3n) is 8.69. The van der Waals surface area contributed by atoms with Crippen LogP contribution < -0.4 is 27.0 Å². The van der Waals surface area contributed by atoms with Gasteiger partial charge < -0.3 is 51.8 Å². The lowest BCUT2D eigenvalue weighted by Crippen LogP contribution is -2.44. The Labute approximate surface area is 340 Å². The molecule has 0 rings (SSSR count). The zero-order valence-corrected chi connectivity index (χ0v) is 34.3. The van der Waals surface area contributed by atoms with Gasteiger partial charge in [0.05, 0.1) is 38.2 Å². The molecular weight excluding hydrogens is 767 g/mol. The van der Waals surface area contributed by atoms with Crippen molar-refractivity contribution in [1.82, 2.24) is 21.3 Å². The van der Waals surface area contributed by atoms with Gasteiger partial charge in [-0.3, -0.25) is 28.8 Å². The Morgan fingerprint density at radius 1 is 0.544 bits per heavy atom. The first-order valence-corrected chi connectivity index (χ1v) is 21.2. The number of carbonyl (C=O) groups is 8. The molecule has 0 aromatic rings. The Kier molecular flexibility index (Phi) is 33.0. The van der Waals surface area contributed by atoms with Crippen LogP contribution in [0.5, 0.6) is 0 Å². The number of hydrogen-bond donors (Lipinski definition) is 8. The number of nitrogens with two attached hydrogens (primary N) is 1. The minimum atomic E-state index is -1.37. The van der Waals surface area contributed by atoms with Crippen LogP contribution in [-0.4, -0.2) is 132 Å². The predicted octanol–water partition coefficient (Wildman–Crippen LogP) is 2.15. The molecule has 328 valence electrons. The Bertz CT molecular complexity index is 1210. The quantitative estimate of drug-likeness (QED) is 0.0412. The van der Waals surface area contributed by atoms with Crippen molar-refractivity contribution in [3.8, 4) is 0 Å². The highest BCUT2D eigenvalue weighted by Crippen LogP contribution is 2.13. The molecule has 0 heterocycles. The van der Waals surface area contributed by atoms with Crippen LogP contribution >= 0.6 is 11.8 Å². The molecule has 0 aromatic heterocycles. The lowest BCUT2D eigenvalue weighted by molar-refractivity contribution is -0.143. The molecule has 0 aliphatic carbocycles. The number of Topliss-reactive ketones (excluding diaryl/α,β-unsaturated/α-hetero) is 1. The maximum Gasteiger partial charge on any atom is 0.326 e. The Morgan fingerprint density at radius 3 is 1.39 bits per heavy atom. The third kappa shape index (κ3) is 34.0. The molecule has 0 aromatic carbocycles. The maximum absolute atomic E-state index is 12.4. The first-order chi connectivity index (χ1) is 27.2. The minimum absolute atomic E-state index is 0.131. The van der Waals surface area contributed by atoms with E-state index in [1.54, 1.807) is 0 Å². The molecule has 9 N–H and O–H groups in total. The van der Waals surface area contributed by atoms with E-state index in [0.29, 0.717) is 18.7 Å². The summed E-state index contributed by atoms with van der Waals surface area (Å²) < 4.78 is 10.7. The number of carboxylic acids is 3. The number of rotatable bonds is 39. The van der Waals surface area contributed by atoms with Gasteiger partial charge in [0.15, 0.2) is 0 Å². The summed E-state index contributed by atoms with van der Waals surface area (Å²) in [5.41, 5.74) is 5.61. The van der Waals surface area contributed by atoms with Crippen molar-refractivity contribution < 1.29 is 63.1 Å². The highest BCUT2D eigenvalue weighted by molar-refractivity contribution is 8.00. The molecule has 0 radical (unpaired) electrons. The number of nitrogens with one attached hydrogen (secondary N) is 4. The van der Waals surface area contributed by atoms with Crippen LogP contribution in [0, 0.1) is 0 Å². The number of ether oxygens (including phenoxy) is 2. The Hall–Kier alpha value is -3.81. The maximum atomic E-state index is 12.4. The Balaban J connectivity index is 4.03. The summed E-state index contributed by atoms with van der Waals surface area (Å²) in [6, 6.07) is -3.26. The van der Waals surface area contributed by atoms with Gasteiger partial charge in [0, 0.05) is 44.5 Å². The Morgan fingerprint density at radius 2 is 0.947 bits per heavy atom. The lowest BCUT2D eigenvalue weighted by Gasteiger charge is -2.17. The van der Waals surface area contributed by atoms with Crippen molar-refractivity contribution in [1.29, 1.82) is 0 Å². The number of ketones is 1. The van der Waals surface area contributed by atoms with Crippen molar-refractivity contribution in [3.63, 3.8) is 0 Å². The molecule has 18 nitrogen and oxygen atoms in total. The SMILES string of the molecule is CC(=O)C(N)CSCC(=O)NCCOCCOCCNC(=O)CCC(NC(=O)CCC(NC(=O)CCCCCCCCCCCCCCC(=O)O)C(=O)O)C(=O)O. The van der Waals surface area contributed by atoms with Gasteiger partial charge in [-0.25, -0.2) is 9.59 Å². The molecule has 0 spiro atoms. The molecule has 3 atom stereocenters. The largest absolute Gasteiger partial charge is 0.481 e. The van der Waals surface area contributed by atoms with Gasteiger partial charge in [0.2, 0.25) is 23.6 Å². The molecule has 19 heteroatoms. The monoisotopic (exact) mass is 833 g/mol. The summed E-state index contributed by atoms with van der Waals surface area (Å²) >= 11 is 1.27. The van der Waals surface area contributed by atoms with Crippen LogP contribution in [0.25, 0.3) is 0 Å². The molecule has 0 aliphatic rings. The normalized spacial score (nSPS) is 12.5. The van der Waals surface area contributed by atoms with E-state index in [9.17, 15) is 48.6 Å². The van der Waals surface area contributed by atoms with Gasteiger partial charge in [-0.15, -0.1) is 11.8 Å². The topological polar surface area (TPSA) is 290 Å². The van der Waals surface area contributed by atoms with Crippen molar-refractivity contribution >= 4 is 59.1 Å². The average Bonchev–Trinajstić information content (AvgIpc) is 3.15. The molecular formula is C38H67N5O13S. The van der Waals surface area contributed by atoms with Gasteiger partial charge in [-0.1, -0.05) is 64.2 Å². The highest BCUT2D eigenvalue weighted by atomic mass is 32.2. The number of carboxylic acid groups (broad SMARTS) is 3. The fraction of sp³-hybridized carbons (Fsp3) is 0.789. The summed E-state index contributed by atoms with van der Waals surface area (Å²) in [4.78, 5) is 93.7. The van der Waals surface area contributed by atoms with Crippen LogP contribution in [0.4, 0.5) is 0 Å². The molecule has 4 amide bonds. The van der Waals surface area contributed by atoms with Gasteiger partial charge in [0.25, 0.3) is 0 Å². The third-order valence-corrected chi connectivity index (χ3v) is 9.75. The average molecular weight is 834 g/mol. The van der Waals surface area contributed by atoms with Gasteiger partial charge in [-0.2, -0.15) is 0 Å². The first-order valence-electron chi connectivity index (χ1n) is 20.0. The van der Waals surface area contributed by atoms with Crippen molar-refractivity contribution in [2.24, 2.45) is 5.73 Å². The number of aliphatic carboxylic acids is 3. The molecule has 0 saturated heterocycles.